The van der Waals surface area contributed by atoms with Gasteiger partial charge >= 0.3 is 0 Å². The highest BCUT2D eigenvalue weighted by molar-refractivity contribution is 4.96. The van der Waals surface area contributed by atoms with Crippen LogP contribution in [0.3, 0.4) is 0 Å². The topological polar surface area (TPSA) is 75.1 Å². The van der Waals surface area contributed by atoms with Gasteiger partial charge in [-0.2, -0.15) is 0 Å². The molecule has 5 N–H and O–H groups in total. The number of rotatable bonds is 9. The lowest BCUT2D eigenvalue weighted by Crippen LogP contribution is -2.51. The van der Waals surface area contributed by atoms with Gasteiger partial charge in [-0.05, 0) is 19.9 Å². The van der Waals surface area contributed by atoms with E-state index in [1.54, 1.807) is 0 Å². The van der Waals surface area contributed by atoms with Gasteiger partial charge < -0.3 is 11.1 Å². The van der Waals surface area contributed by atoms with Crippen LogP contribution in [0.25, 0.3) is 0 Å². The quantitative estimate of drug-likeness (QED) is 0.172. The van der Waals surface area contributed by atoms with E-state index in [4.69, 9.17) is 5.73 Å². The summed E-state index contributed by atoms with van der Waals surface area (Å²) in [7, 11) is 2.01. The first-order valence-electron chi connectivity index (χ1n) is 9.51. The average molecular weight is 353 g/mol. The first-order valence-corrected chi connectivity index (χ1v) is 9.51. The van der Waals surface area contributed by atoms with Crippen molar-refractivity contribution in [1.29, 1.82) is 0 Å². The molecule has 0 aromatic rings. The maximum Gasteiger partial charge on any atom is 0.0680 e. The third-order valence-corrected chi connectivity index (χ3v) is 4.73. The van der Waals surface area contributed by atoms with E-state index in [2.05, 4.69) is 47.7 Å². The van der Waals surface area contributed by atoms with Gasteiger partial charge in [-0.3, -0.25) is 25.0 Å². The molecule has 144 valence electrons. The fourth-order valence-corrected chi connectivity index (χ4v) is 3.31. The Morgan fingerprint density at radius 3 is 2.36 bits per heavy atom. The summed E-state index contributed by atoms with van der Waals surface area (Å²) in [5.74, 6) is 3.20. The molecule has 0 bridgehead atoms. The smallest absolute Gasteiger partial charge is 0.0680 e. The van der Waals surface area contributed by atoms with Crippen LogP contribution in [0.2, 0.25) is 0 Å². The highest BCUT2D eigenvalue weighted by atomic mass is 15.5. The van der Waals surface area contributed by atoms with Crippen LogP contribution in [-0.2, 0) is 0 Å². The monoisotopic (exact) mass is 352 g/mol. The minimum Gasteiger partial charge on any atom is -0.318 e. The van der Waals surface area contributed by atoms with Crippen LogP contribution in [0, 0.1) is 12.0 Å². The average Bonchev–Trinajstić information content (AvgIpc) is 2.66. The molecule has 2 rings (SSSR count). The van der Waals surface area contributed by atoms with Crippen LogP contribution in [-0.4, -0.2) is 99.1 Å². The molecule has 0 atom stereocenters. The summed E-state index contributed by atoms with van der Waals surface area (Å²) in [5, 5.41) is 3.22. The standard InChI is InChI=1S/C17H36N8/c1-19-7-13-23-10-4-9-22(16-23)8-3-2-6-20-21-15-25-12-5-11-24(14-18)17-25/h19-21H,3-5,7-18H2,1H3. The van der Waals surface area contributed by atoms with Crippen LogP contribution < -0.4 is 21.9 Å². The number of likely N-dealkylation sites (N-methyl/N-ethyl adjacent to an activating group) is 1. The highest BCUT2D eigenvalue weighted by Crippen LogP contribution is 2.05. The molecule has 0 spiro atoms. The van der Waals surface area contributed by atoms with Crippen molar-refractivity contribution in [1.82, 2.24) is 35.8 Å². The van der Waals surface area contributed by atoms with Crippen molar-refractivity contribution >= 4 is 0 Å². The van der Waals surface area contributed by atoms with E-state index in [-0.39, 0.29) is 0 Å². The zero-order valence-corrected chi connectivity index (χ0v) is 15.8. The summed E-state index contributed by atoms with van der Waals surface area (Å²) >= 11 is 0. The van der Waals surface area contributed by atoms with Crippen molar-refractivity contribution in [2.45, 2.75) is 19.3 Å². The summed E-state index contributed by atoms with van der Waals surface area (Å²) in [6.45, 7) is 11.3. The van der Waals surface area contributed by atoms with Gasteiger partial charge in [0, 0.05) is 64.9 Å². The van der Waals surface area contributed by atoms with Gasteiger partial charge in [0.05, 0.1) is 20.0 Å². The molecule has 8 nitrogen and oxygen atoms in total. The van der Waals surface area contributed by atoms with Gasteiger partial charge in [0.2, 0.25) is 0 Å². The second kappa shape index (κ2) is 12.4. The van der Waals surface area contributed by atoms with E-state index in [1.807, 2.05) is 7.05 Å². The number of nitrogens with one attached hydrogen (secondary N) is 3. The molecule has 2 aliphatic heterocycles. The molecule has 0 unspecified atom stereocenters. The number of nitrogens with zero attached hydrogens (tertiary/aromatic N) is 4. The summed E-state index contributed by atoms with van der Waals surface area (Å²) < 4.78 is 0. The molecular formula is C17H36N8. The molecule has 0 aliphatic carbocycles. The minimum absolute atomic E-state index is 0.632. The minimum atomic E-state index is 0.632. The zero-order valence-electron chi connectivity index (χ0n) is 15.8. The molecule has 2 fully saturated rings. The van der Waals surface area contributed by atoms with Crippen molar-refractivity contribution in [2.75, 3.05) is 79.5 Å². The molecule has 8 heteroatoms. The Labute approximate surface area is 153 Å². The molecule has 2 heterocycles. The normalized spacial score (nSPS) is 21.0. The van der Waals surface area contributed by atoms with Crippen LogP contribution in [0.5, 0.6) is 0 Å². The first-order chi connectivity index (χ1) is 12.3. The summed E-state index contributed by atoms with van der Waals surface area (Å²) in [4.78, 5) is 9.58. The van der Waals surface area contributed by atoms with E-state index in [0.717, 1.165) is 59.2 Å². The molecule has 0 aromatic carbocycles. The fraction of sp³-hybridized carbons (Fsp3) is 0.882. The maximum absolute atomic E-state index is 5.70. The Morgan fingerprint density at radius 1 is 0.920 bits per heavy atom. The van der Waals surface area contributed by atoms with Crippen molar-refractivity contribution in [3.63, 3.8) is 0 Å². The molecule has 0 radical (unpaired) electrons. The number of hydrogen-bond acceptors (Lipinski definition) is 8. The van der Waals surface area contributed by atoms with Gasteiger partial charge in [-0.25, -0.2) is 5.43 Å². The zero-order chi connectivity index (χ0) is 17.7. The van der Waals surface area contributed by atoms with Gasteiger partial charge in [-0.15, -0.1) is 0 Å². The summed E-state index contributed by atoms with van der Waals surface area (Å²) in [5.41, 5.74) is 11.9. The van der Waals surface area contributed by atoms with Crippen molar-refractivity contribution in [3.05, 3.63) is 0 Å². The Bertz CT molecular complexity index is 407. The predicted octanol–water partition coefficient (Wildman–Crippen LogP) is -1.54. The van der Waals surface area contributed by atoms with E-state index >= 15 is 0 Å². The Balaban J connectivity index is 1.51. The Kier molecular flexibility index (Phi) is 10.1. The largest absolute Gasteiger partial charge is 0.318 e. The number of hydrazine groups is 1. The van der Waals surface area contributed by atoms with E-state index in [0.29, 0.717) is 6.67 Å². The number of nitrogens with two attached hydrogens (primary N) is 1. The molecular weight excluding hydrogens is 316 g/mol. The highest BCUT2D eigenvalue weighted by Gasteiger charge is 2.16. The molecule has 0 saturated carbocycles. The SMILES string of the molecule is CNCCN1CCCN(CCC#CNNCN2CCCN(CN)C2)C1. The van der Waals surface area contributed by atoms with Crippen LogP contribution in [0.15, 0.2) is 0 Å². The van der Waals surface area contributed by atoms with Gasteiger partial charge in [0.25, 0.3) is 0 Å². The fourth-order valence-electron chi connectivity index (χ4n) is 3.31. The molecule has 0 aromatic heterocycles. The Hall–Kier alpha value is -0.920. The molecule has 0 amide bonds. The van der Waals surface area contributed by atoms with E-state index in [9.17, 15) is 0 Å². The predicted molar refractivity (Wildman–Crippen MR) is 102 cm³/mol. The lowest BCUT2D eigenvalue weighted by Gasteiger charge is -2.35. The number of hydrogen-bond donors (Lipinski definition) is 4. The molecule has 25 heavy (non-hydrogen) atoms. The van der Waals surface area contributed by atoms with Gasteiger partial charge in [0.1, 0.15) is 0 Å². The Morgan fingerprint density at radius 2 is 1.60 bits per heavy atom. The van der Waals surface area contributed by atoms with Gasteiger partial charge in [-0.1, -0.05) is 5.92 Å². The summed E-state index contributed by atoms with van der Waals surface area (Å²) in [6, 6.07) is 3.01. The van der Waals surface area contributed by atoms with Crippen molar-refractivity contribution in [2.24, 2.45) is 5.73 Å². The third-order valence-electron chi connectivity index (χ3n) is 4.73. The van der Waals surface area contributed by atoms with Crippen LogP contribution in [0.4, 0.5) is 0 Å². The van der Waals surface area contributed by atoms with E-state index < -0.39 is 0 Å². The lowest BCUT2D eigenvalue weighted by atomic mass is 10.2. The van der Waals surface area contributed by atoms with Crippen LogP contribution in [0.1, 0.15) is 19.3 Å². The second-order valence-corrected chi connectivity index (χ2v) is 6.81. The third kappa shape index (κ3) is 8.33. The van der Waals surface area contributed by atoms with E-state index in [1.165, 1.54) is 25.9 Å². The molecule has 2 saturated heterocycles. The molecule has 2 aliphatic rings. The summed E-state index contributed by atoms with van der Waals surface area (Å²) in [6.07, 6.45) is 3.33. The first kappa shape index (κ1) is 20.4. The maximum atomic E-state index is 5.70. The van der Waals surface area contributed by atoms with Crippen LogP contribution >= 0.6 is 0 Å². The van der Waals surface area contributed by atoms with Crippen molar-refractivity contribution in [3.8, 4) is 12.0 Å². The second-order valence-electron chi connectivity index (χ2n) is 6.81. The lowest BCUT2D eigenvalue weighted by molar-refractivity contribution is 0.0794. The van der Waals surface area contributed by atoms with Gasteiger partial charge in [0.15, 0.2) is 0 Å². The van der Waals surface area contributed by atoms with Crippen molar-refractivity contribution < 1.29 is 0 Å².